The van der Waals surface area contributed by atoms with Crippen LogP contribution in [-0.4, -0.2) is 39.3 Å². The Morgan fingerprint density at radius 2 is 2.05 bits per heavy atom. The van der Waals surface area contributed by atoms with Gasteiger partial charge >= 0.3 is 6.09 Å². The predicted octanol–water partition coefficient (Wildman–Crippen LogP) is 1.84. The number of benzene rings is 1. The van der Waals surface area contributed by atoms with Gasteiger partial charge in [-0.3, -0.25) is 0 Å². The van der Waals surface area contributed by atoms with Crippen LogP contribution in [0.25, 0.3) is 11.4 Å². The number of amides is 1. The standard InChI is InChI=1S/C12H11ClN4O3/c13-11-16-7-15-10(17-11)8-1-3-9(4-2-8)20-6-5-14-12(18)19/h1-4,7,14H,5-6H2,(H,18,19). The highest BCUT2D eigenvalue weighted by Gasteiger charge is 2.03. The molecule has 0 atom stereocenters. The zero-order chi connectivity index (χ0) is 14.4. The fraction of sp³-hybridized carbons (Fsp3) is 0.167. The highest BCUT2D eigenvalue weighted by Crippen LogP contribution is 2.19. The first-order valence-corrected chi connectivity index (χ1v) is 6.07. The van der Waals surface area contributed by atoms with Gasteiger partial charge in [0.25, 0.3) is 0 Å². The van der Waals surface area contributed by atoms with Crippen molar-refractivity contribution < 1.29 is 14.6 Å². The van der Waals surface area contributed by atoms with Gasteiger partial charge in [0.1, 0.15) is 18.7 Å². The topological polar surface area (TPSA) is 97.2 Å². The van der Waals surface area contributed by atoms with Gasteiger partial charge < -0.3 is 15.2 Å². The van der Waals surface area contributed by atoms with Gasteiger partial charge in [-0.15, -0.1) is 0 Å². The number of nitrogens with zero attached hydrogens (tertiary/aromatic N) is 3. The first-order valence-electron chi connectivity index (χ1n) is 5.70. The predicted molar refractivity (Wildman–Crippen MR) is 71.8 cm³/mol. The van der Waals surface area contributed by atoms with Gasteiger partial charge in [0, 0.05) is 5.56 Å². The van der Waals surface area contributed by atoms with Crippen molar-refractivity contribution in [1.29, 1.82) is 0 Å². The number of aromatic nitrogens is 3. The molecule has 0 radical (unpaired) electrons. The molecule has 1 aromatic heterocycles. The maximum absolute atomic E-state index is 10.2. The van der Waals surface area contributed by atoms with E-state index in [0.29, 0.717) is 11.6 Å². The second kappa shape index (κ2) is 6.67. The highest BCUT2D eigenvalue weighted by atomic mass is 35.5. The molecule has 0 spiro atoms. The fourth-order valence-electron chi connectivity index (χ4n) is 1.44. The smallest absolute Gasteiger partial charge is 0.404 e. The Kier molecular flexibility index (Phi) is 4.67. The van der Waals surface area contributed by atoms with Gasteiger partial charge in [0.2, 0.25) is 5.28 Å². The van der Waals surface area contributed by atoms with E-state index in [9.17, 15) is 4.79 Å². The van der Waals surface area contributed by atoms with E-state index in [1.165, 1.54) is 6.33 Å². The largest absolute Gasteiger partial charge is 0.492 e. The van der Waals surface area contributed by atoms with Crippen LogP contribution in [0.3, 0.4) is 0 Å². The van der Waals surface area contributed by atoms with Crippen LogP contribution in [-0.2, 0) is 0 Å². The lowest BCUT2D eigenvalue weighted by Gasteiger charge is -2.06. The Morgan fingerprint density at radius 1 is 1.30 bits per heavy atom. The van der Waals surface area contributed by atoms with Crippen molar-refractivity contribution in [2.45, 2.75) is 0 Å². The molecule has 0 aliphatic rings. The number of carboxylic acid groups (broad SMARTS) is 1. The van der Waals surface area contributed by atoms with E-state index in [-0.39, 0.29) is 18.4 Å². The minimum atomic E-state index is -1.07. The third kappa shape index (κ3) is 4.06. The molecule has 20 heavy (non-hydrogen) atoms. The molecule has 0 aliphatic carbocycles. The van der Waals surface area contributed by atoms with Crippen molar-refractivity contribution in [3.05, 3.63) is 35.9 Å². The molecule has 1 heterocycles. The summed E-state index contributed by atoms with van der Waals surface area (Å²) < 4.78 is 5.37. The fourth-order valence-corrected chi connectivity index (χ4v) is 1.57. The van der Waals surface area contributed by atoms with Crippen molar-refractivity contribution in [3.63, 3.8) is 0 Å². The molecule has 0 saturated carbocycles. The van der Waals surface area contributed by atoms with Crippen LogP contribution in [0.15, 0.2) is 30.6 Å². The van der Waals surface area contributed by atoms with E-state index in [0.717, 1.165) is 5.56 Å². The third-order valence-corrected chi connectivity index (χ3v) is 2.48. The van der Waals surface area contributed by atoms with E-state index >= 15 is 0 Å². The molecule has 0 bridgehead atoms. The molecular weight excluding hydrogens is 284 g/mol. The van der Waals surface area contributed by atoms with Gasteiger partial charge in [-0.25, -0.2) is 14.8 Å². The van der Waals surface area contributed by atoms with Crippen LogP contribution in [0.2, 0.25) is 5.28 Å². The summed E-state index contributed by atoms with van der Waals surface area (Å²) in [6.45, 7) is 0.476. The minimum absolute atomic E-state index is 0.134. The van der Waals surface area contributed by atoms with Crippen LogP contribution in [0.1, 0.15) is 0 Å². The zero-order valence-corrected chi connectivity index (χ0v) is 11.0. The zero-order valence-electron chi connectivity index (χ0n) is 10.3. The van der Waals surface area contributed by atoms with E-state index in [4.69, 9.17) is 21.4 Å². The molecule has 0 aliphatic heterocycles. The van der Waals surface area contributed by atoms with Gasteiger partial charge in [0.05, 0.1) is 6.54 Å². The molecule has 7 nitrogen and oxygen atoms in total. The quantitative estimate of drug-likeness (QED) is 0.817. The molecule has 0 fully saturated rings. The van der Waals surface area contributed by atoms with E-state index in [1.807, 2.05) is 0 Å². The number of hydrogen-bond donors (Lipinski definition) is 2. The highest BCUT2D eigenvalue weighted by molar-refractivity contribution is 6.28. The van der Waals surface area contributed by atoms with Gasteiger partial charge in [-0.1, -0.05) is 0 Å². The molecule has 8 heteroatoms. The van der Waals surface area contributed by atoms with Crippen LogP contribution >= 0.6 is 11.6 Å². The molecule has 1 aromatic carbocycles. The van der Waals surface area contributed by atoms with E-state index in [2.05, 4.69) is 20.3 Å². The maximum Gasteiger partial charge on any atom is 0.404 e. The molecule has 0 saturated heterocycles. The third-order valence-electron chi connectivity index (χ3n) is 2.30. The van der Waals surface area contributed by atoms with Crippen LogP contribution in [0.5, 0.6) is 5.75 Å². The summed E-state index contributed by atoms with van der Waals surface area (Å²) in [7, 11) is 0. The summed E-state index contributed by atoms with van der Waals surface area (Å²) in [6, 6.07) is 7.05. The number of ether oxygens (including phenoxy) is 1. The summed E-state index contributed by atoms with van der Waals surface area (Å²) in [5, 5.41) is 10.7. The van der Waals surface area contributed by atoms with E-state index in [1.54, 1.807) is 24.3 Å². The SMILES string of the molecule is O=C(O)NCCOc1ccc(-c2ncnc(Cl)n2)cc1. The Morgan fingerprint density at radius 3 is 2.70 bits per heavy atom. The van der Waals surface area contributed by atoms with Gasteiger partial charge in [-0.2, -0.15) is 4.98 Å². The van der Waals surface area contributed by atoms with Crippen LogP contribution in [0.4, 0.5) is 4.79 Å². The van der Waals surface area contributed by atoms with Crippen molar-refractivity contribution in [2.24, 2.45) is 0 Å². The summed E-state index contributed by atoms with van der Waals surface area (Å²) in [4.78, 5) is 22.0. The number of rotatable bonds is 5. The molecular formula is C12H11ClN4O3. The monoisotopic (exact) mass is 294 g/mol. The first-order chi connectivity index (χ1) is 9.65. The number of carbonyl (C=O) groups is 1. The number of halogens is 1. The van der Waals surface area contributed by atoms with Crippen molar-refractivity contribution in [1.82, 2.24) is 20.3 Å². The van der Waals surface area contributed by atoms with Crippen LogP contribution < -0.4 is 10.1 Å². The molecule has 2 rings (SSSR count). The summed E-state index contributed by atoms with van der Waals surface area (Å²) in [5.41, 5.74) is 0.783. The second-order valence-corrected chi connectivity index (χ2v) is 4.02. The Hall–Kier alpha value is -2.41. The Labute approximate surface area is 119 Å². The summed E-state index contributed by atoms with van der Waals surface area (Å²) >= 11 is 5.69. The second-order valence-electron chi connectivity index (χ2n) is 3.68. The summed E-state index contributed by atoms with van der Waals surface area (Å²) in [6.07, 6.45) is 0.266. The van der Waals surface area contributed by atoms with Crippen molar-refractivity contribution in [3.8, 4) is 17.1 Å². The van der Waals surface area contributed by atoms with Crippen molar-refractivity contribution in [2.75, 3.05) is 13.2 Å². The molecule has 1 amide bonds. The Balaban J connectivity index is 1.94. The Bertz CT molecular complexity index is 592. The normalized spacial score (nSPS) is 10.1. The molecule has 0 unspecified atom stereocenters. The molecule has 104 valence electrons. The lowest BCUT2D eigenvalue weighted by Crippen LogP contribution is -2.26. The molecule has 2 N–H and O–H groups in total. The number of nitrogens with one attached hydrogen (secondary N) is 1. The lowest BCUT2D eigenvalue weighted by atomic mass is 10.2. The van der Waals surface area contributed by atoms with Gasteiger partial charge in [0.15, 0.2) is 5.82 Å². The van der Waals surface area contributed by atoms with Crippen molar-refractivity contribution >= 4 is 17.7 Å². The number of hydrogen-bond acceptors (Lipinski definition) is 5. The van der Waals surface area contributed by atoms with E-state index < -0.39 is 6.09 Å². The lowest BCUT2D eigenvalue weighted by molar-refractivity contribution is 0.191. The average Bonchev–Trinajstić information content (AvgIpc) is 2.44. The summed E-state index contributed by atoms with van der Waals surface area (Å²) in [5.74, 6) is 1.10. The first kappa shape index (κ1) is 14.0. The van der Waals surface area contributed by atoms with Crippen LogP contribution in [0, 0.1) is 0 Å². The molecule has 2 aromatic rings. The maximum atomic E-state index is 10.2. The average molecular weight is 295 g/mol. The van der Waals surface area contributed by atoms with Gasteiger partial charge in [-0.05, 0) is 35.9 Å². The minimum Gasteiger partial charge on any atom is -0.492 e.